The molecule has 2 aromatic carbocycles. The van der Waals surface area contributed by atoms with Crippen molar-refractivity contribution in [2.24, 2.45) is 0 Å². The van der Waals surface area contributed by atoms with E-state index in [4.69, 9.17) is 9.72 Å². The number of esters is 1. The van der Waals surface area contributed by atoms with Crippen LogP contribution < -0.4 is 5.56 Å². The van der Waals surface area contributed by atoms with E-state index in [2.05, 4.69) is 6.07 Å². The number of hydrogen-bond acceptors (Lipinski definition) is 5. The van der Waals surface area contributed by atoms with Crippen LogP contribution in [-0.2, 0) is 35.5 Å². The van der Waals surface area contributed by atoms with Crippen molar-refractivity contribution in [3.8, 4) is 0 Å². The van der Waals surface area contributed by atoms with Crippen LogP contribution in [0.15, 0.2) is 47.3 Å². The van der Waals surface area contributed by atoms with Crippen LogP contribution in [0, 0.1) is 0 Å². The Balaban J connectivity index is 1.29. The van der Waals surface area contributed by atoms with Crippen LogP contribution in [0.25, 0.3) is 10.9 Å². The van der Waals surface area contributed by atoms with Crippen LogP contribution in [0.3, 0.4) is 0 Å². The number of aromatic nitrogens is 2. The van der Waals surface area contributed by atoms with E-state index in [1.54, 1.807) is 27.7 Å². The Morgan fingerprint density at radius 2 is 1.76 bits per heavy atom. The zero-order chi connectivity index (χ0) is 22.8. The molecule has 33 heavy (non-hydrogen) atoms. The molecule has 3 aromatic rings. The van der Waals surface area contributed by atoms with Gasteiger partial charge in [0.2, 0.25) is 0 Å². The Kier molecular flexibility index (Phi) is 5.94. The van der Waals surface area contributed by atoms with Crippen molar-refractivity contribution >= 4 is 22.8 Å². The van der Waals surface area contributed by atoms with Gasteiger partial charge in [0.15, 0.2) is 6.61 Å². The summed E-state index contributed by atoms with van der Waals surface area (Å²) < 4.78 is 7.09. The molecule has 3 heterocycles. The topological polar surface area (TPSA) is 81.5 Å². The zero-order valence-corrected chi connectivity index (χ0v) is 18.6. The first kappa shape index (κ1) is 21.4. The second kappa shape index (κ2) is 9.17. The van der Waals surface area contributed by atoms with E-state index in [9.17, 15) is 14.4 Å². The number of carbonyl (C=O) groups is 2. The summed E-state index contributed by atoms with van der Waals surface area (Å²) in [6.07, 6.45) is 5.79. The molecular weight excluding hydrogens is 418 g/mol. The monoisotopic (exact) mass is 445 g/mol. The summed E-state index contributed by atoms with van der Waals surface area (Å²) in [6.45, 7) is 1.52. The fourth-order valence-electron chi connectivity index (χ4n) is 4.73. The molecule has 0 N–H and O–H groups in total. The molecule has 5 rings (SSSR count). The van der Waals surface area contributed by atoms with Crippen LogP contribution >= 0.6 is 0 Å². The van der Waals surface area contributed by atoms with E-state index in [1.807, 2.05) is 18.2 Å². The van der Waals surface area contributed by atoms with Crippen molar-refractivity contribution in [2.45, 2.75) is 51.6 Å². The number of ether oxygens (including phenoxy) is 1. The van der Waals surface area contributed by atoms with Gasteiger partial charge in [0.25, 0.3) is 11.5 Å². The van der Waals surface area contributed by atoms with E-state index in [1.165, 1.54) is 5.56 Å². The molecule has 0 atom stereocenters. The molecule has 0 saturated heterocycles. The van der Waals surface area contributed by atoms with Gasteiger partial charge in [-0.25, -0.2) is 9.78 Å². The van der Waals surface area contributed by atoms with Crippen LogP contribution in [0.5, 0.6) is 0 Å². The first-order valence-corrected chi connectivity index (χ1v) is 11.7. The molecule has 0 radical (unpaired) electrons. The predicted molar refractivity (Wildman–Crippen MR) is 124 cm³/mol. The fraction of sp³-hybridized carbons (Fsp3) is 0.385. The van der Waals surface area contributed by atoms with Crippen LogP contribution in [0.4, 0.5) is 0 Å². The van der Waals surface area contributed by atoms with Crippen molar-refractivity contribution in [1.29, 1.82) is 0 Å². The molecule has 1 aromatic heterocycles. The van der Waals surface area contributed by atoms with Gasteiger partial charge in [0, 0.05) is 26.1 Å². The average molecular weight is 446 g/mol. The highest BCUT2D eigenvalue weighted by atomic mass is 16.5. The second-order valence-electron chi connectivity index (χ2n) is 8.79. The predicted octanol–water partition coefficient (Wildman–Crippen LogP) is 3.25. The van der Waals surface area contributed by atoms with Crippen molar-refractivity contribution in [3.05, 3.63) is 75.3 Å². The number of aryl methyl sites for hydroxylation is 1. The summed E-state index contributed by atoms with van der Waals surface area (Å²) in [5, 5.41) is 0.499. The van der Waals surface area contributed by atoms with Crippen molar-refractivity contribution in [2.75, 3.05) is 13.2 Å². The van der Waals surface area contributed by atoms with Crippen LogP contribution in [0.1, 0.15) is 53.0 Å². The molecule has 0 saturated carbocycles. The van der Waals surface area contributed by atoms with Gasteiger partial charge in [0.05, 0.1) is 16.5 Å². The third-order valence-electron chi connectivity index (χ3n) is 6.61. The summed E-state index contributed by atoms with van der Waals surface area (Å²) >= 11 is 0. The normalized spacial score (nSPS) is 15.8. The number of benzene rings is 2. The van der Waals surface area contributed by atoms with Crippen molar-refractivity contribution in [1.82, 2.24) is 14.5 Å². The van der Waals surface area contributed by atoms with E-state index in [-0.39, 0.29) is 18.1 Å². The first-order valence-electron chi connectivity index (χ1n) is 11.7. The van der Waals surface area contributed by atoms with Gasteiger partial charge in [-0.1, -0.05) is 37.1 Å². The lowest BCUT2D eigenvalue weighted by atomic mass is 10.00. The average Bonchev–Trinajstić information content (AvgIpc) is 2.83. The zero-order valence-electron chi connectivity index (χ0n) is 18.6. The summed E-state index contributed by atoms with van der Waals surface area (Å²) in [5.41, 5.74) is 3.12. The number of rotatable bonds is 3. The minimum Gasteiger partial charge on any atom is -0.452 e. The third-order valence-corrected chi connectivity index (χ3v) is 6.61. The standard InChI is InChI=1S/C26H27N3O4/c30-24(28-14-12-18-7-4-5-8-20(18)16-28)17-33-26(32)19-10-11-21-22(15-19)27-23-9-3-1-2-6-13-29(23)25(21)31/h4-5,7-8,10-11,15H,1-3,6,9,12-14,16-17H2. The largest absolute Gasteiger partial charge is 0.452 e. The van der Waals surface area contributed by atoms with Crippen LogP contribution in [0.2, 0.25) is 0 Å². The Bertz CT molecular complexity index is 1280. The van der Waals surface area contributed by atoms with Gasteiger partial charge in [-0.05, 0) is 48.6 Å². The fourth-order valence-corrected chi connectivity index (χ4v) is 4.73. The Morgan fingerprint density at radius 3 is 2.64 bits per heavy atom. The Hall–Kier alpha value is -3.48. The van der Waals surface area contributed by atoms with Gasteiger partial charge in [-0.2, -0.15) is 0 Å². The van der Waals surface area contributed by atoms with Crippen molar-refractivity contribution < 1.29 is 14.3 Å². The van der Waals surface area contributed by atoms with E-state index in [0.29, 0.717) is 36.1 Å². The minimum atomic E-state index is -0.587. The highest BCUT2D eigenvalue weighted by Crippen LogP contribution is 2.19. The minimum absolute atomic E-state index is 0.0580. The summed E-state index contributed by atoms with van der Waals surface area (Å²) in [7, 11) is 0. The van der Waals surface area contributed by atoms with E-state index in [0.717, 1.165) is 49.9 Å². The third kappa shape index (κ3) is 4.40. The quantitative estimate of drug-likeness (QED) is 0.578. The molecule has 0 bridgehead atoms. The van der Waals surface area contributed by atoms with Gasteiger partial charge in [0.1, 0.15) is 5.82 Å². The Labute approximate surface area is 192 Å². The number of nitrogens with zero attached hydrogens (tertiary/aromatic N) is 3. The first-order chi connectivity index (χ1) is 16.1. The maximum Gasteiger partial charge on any atom is 0.338 e. The molecule has 1 amide bonds. The number of amides is 1. The molecular formula is C26H27N3O4. The highest BCUT2D eigenvalue weighted by molar-refractivity contribution is 5.95. The lowest BCUT2D eigenvalue weighted by molar-refractivity contribution is -0.135. The highest BCUT2D eigenvalue weighted by Gasteiger charge is 2.22. The summed E-state index contributed by atoms with van der Waals surface area (Å²) in [6, 6.07) is 12.9. The molecule has 0 unspecified atom stereocenters. The number of hydrogen-bond donors (Lipinski definition) is 0. The van der Waals surface area contributed by atoms with Gasteiger partial charge in [-0.3, -0.25) is 14.2 Å². The molecule has 7 heteroatoms. The maximum absolute atomic E-state index is 13.0. The molecule has 7 nitrogen and oxygen atoms in total. The van der Waals surface area contributed by atoms with Crippen molar-refractivity contribution in [3.63, 3.8) is 0 Å². The lowest BCUT2D eigenvalue weighted by Gasteiger charge is -2.28. The molecule has 2 aliphatic heterocycles. The number of carbonyl (C=O) groups excluding carboxylic acids is 2. The SMILES string of the molecule is O=C(OCC(=O)N1CCc2ccccc2C1)c1ccc2c(=O)n3c(nc2c1)CCCCCC3. The molecule has 170 valence electrons. The molecule has 0 aliphatic carbocycles. The summed E-state index contributed by atoms with van der Waals surface area (Å²) in [5.74, 6) is -0.0222. The van der Waals surface area contributed by atoms with Gasteiger partial charge >= 0.3 is 5.97 Å². The van der Waals surface area contributed by atoms with Gasteiger partial charge in [-0.15, -0.1) is 0 Å². The maximum atomic E-state index is 13.0. The number of fused-ring (bicyclic) bond motifs is 3. The lowest BCUT2D eigenvalue weighted by Crippen LogP contribution is -2.38. The molecule has 2 aliphatic rings. The summed E-state index contributed by atoms with van der Waals surface area (Å²) in [4.78, 5) is 44.6. The molecule has 0 spiro atoms. The van der Waals surface area contributed by atoms with Crippen LogP contribution in [-0.4, -0.2) is 39.5 Å². The van der Waals surface area contributed by atoms with Gasteiger partial charge < -0.3 is 9.64 Å². The Morgan fingerprint density at radius 1 is 0.939 bits per heavy atom. The van der Waals surface area contributed by atoms with E-state index < -0.39 is 5.97 Å². The smallest absolute Gasteiger partial charge is 0.338 e. The van der Waals surface area contributed by atoms with E-state index >= 15 is 0 Å². The second-order valence-corrected chi connectivity index (χ2v) is 8.79. The molecule has 0 fully saturated rings.